The number of carbonyl (C=O) groups is 1. The van der Waals surface area contributed by atoms with Crippen LogP contribution in [0.25, 0.3) is 5.69 Å². The van der Waals surface area contributed by atoms with Crippen molar-refractivity contribution in [3.05, 3.63) is 63.0 Å². The number of rotatable bonds is 3. The lowest BCUT2D eigenvalue weighted by molar-refractivity contribution is 0.0364. The van der Waals surface area contributed by atoms with Crippen molar-refractivity contribution >= 4 is 21.9 Å². The number of hydrogen-bond acceptors (Lipinski definition) is 3. The van der Waals surface area contributed by atoms with Crippen LogP contribution in [0.3, 0.4) is 0 Å². The Labute approximate surface area is 137 Å². The van der Waals surface area contributed by atoms with Crippen LogP contribution in [0, 0.1) is 5.41 Å². The van der Waals surface area contributed by atoms with E-state index in [0.29, 0.717) is 10.2 Å². The number of aromatic nitrogens is 1. The molecule has 0 N–H and O–H groups in total. The normalized spacial score (nSPS) is 11.3. The Morgan fingerprint density at radius 2 is 1.86 bits per heavy atom. The first kappa shape index (κ1) is 16.5. The summed E-state index contributed by atoms with van der Waals surface area (Å²) in [7, 11) is 0. The monoisotopic (exact) mass is 363 g/mol. The van der Waals surface area contributed by atoms with Gasteiger partial charge in [-0.1, -0.05) is 39.0 Å². The Bertz CT molecular complexity index is 730. The van der Waals surface area contributed by atoms with Crippen molar-refractivity contribution in [3.8, 4) is 5.69 Å². The van der Waals surface area contributed by atoms with Crippen LogP contribution in [-0.4, -0.2) is 17.1 Å². The maximum absolute atomic E-state index is 12.5. The molecule has 116 valence electrons. The predicted octanol–water partition coefficient (Wildman–Crippen LogP) is 3.80. The smallest absolute Gasteiger partial charge is 0.343 e. The molecule has 0 saturated heterocycles. The number of nitrogens with zero attached hydrogens (tertiary/aromatic N) is 1. The quantitative estimate of drug-likeness (QED) is 0.779. The first-order chi connectivity index (χ1) is 10.3. The van der Waals surface area contributed by atoms with Crippen LogP contribution in [0.1, 0.15) is 31.1 Å². The molecule has 22 heavy (non-hydrogen) atoms. The highest BCUT2D eigenvalue weighted by Gasteiger charge is 2.19. The highest BCUT2D eigenvalue weighted by Crippen LogP contribution is 2.16. The topological polar surface area (TPSA) is 48.3 Å². The largest absolute Gasteiger partial charge is 0.461 e. The number of carbonyl (C=O) groups excluding carboxylic acids is 1. The molecule has 5 heteroatoms. The van der Waals surface area contributed by atoms with Crippen molar-refractivity contribution in [1.29, 1.82) is 0 Å². The number of hydrogen-bond donors (Lipinski definition) is 0. The Balaban J connectivity index is 2.40. The van der Waals surface area contributed by atoms with Crippen molar-refractivity contribution in [2.45, 2.75) is 20.8 Å². The van der Waals surface area contributed by atoms with Gasteiger partial charge in [0.25, 0.3) is 5.56 Å². The third-order valence-corrected chi connectivity index (χ3v) is 3.31. The molecule has 0 aliphatic carbocycles. The first-order valence-electron chi connectivity index (χ1n) is 6.93. The summed E-state index contributed by atoms with van der Waals surface area (Å²) in [6, 6.07) is 10.6. The van der Waals surface area contributed by atoms with Crippen LogP contribution in [-0.2, 0) is 4.74 Å². The van der Waals surface area contributed by atoms with Crippen molar-refractivity contribution in [2.75, 3.05) is 6.61 Å². The van der Waals surface area contributed by atoms with E-state index in [-0.39, 0.29) is 17.6 Å². The van der Waals surface area contributed by atoms with Crippen LogP contribution in [0.5, 0.6) is 0 Å². The van der Waals surface area contributed by atoms with E-state index >= 15 is 0 Å². The molecular formula is C17H18BrNO3. The highest BCUT2D eigenvalue weighted by molar-refractivity contribution is 9.10. The molecule has 0 aliphatic heterocycles. The zero-order chi connectivity index (χ0) is 16.3. The molecule has 2 aromatic rings. The third kappa shape index (κ3) is 4.07. The summed E-state index contributed by atoms with van der Waals surface area (Å²) in [5.74, 6) is -0.606. The lowest BCUT2D eigenvalue weighted by Gasteiger charge is -2.18. The van der Waals surface area contributed by atoms with Gasteiger partial charge >= 0.3 is 5.97 Å². The van der Waals surface area contributed by atoms with Crippen molar-refractivity contribution in [3.63, 3.8) is 0 Å². The number of para-hydroxylation sites is 1. The van der Waals surface area contributed by atoms with E-state index in [0.717, 1.165) is 0 Å². The van der Waals surface area contributed by atoms with Gasteiger partial charge in [0.1, 0.15) is 5.56 Å². The Morgan fingerprint density at radius 1 is 1.23 bits per heavy atom. The highest BCUT2D eigenvalue weighted by atomic mass is 79.9. The van der Waals surface area contributed by atoms with Gasteiger partial charge in [-0.05, 0) is 39.5 Å². The van der Waals surface area contributed by atoms with Crippen LogP contribution >= 0.6 is 15.9 Å². The second kappa shape index (κ2) is 6.48. The van der Waals surface area contributed by atoms with Gasteiger partial charge in [-0.25, -0.2) is 4.79 Å². The maximum atomic E-state index is 12.5. The Kier molecular flexibility index (Phi) is 4.86. The molecule has 0 fully saturated rings. The SMILES string of the molecule is CC(C)(C)COC(=O)c1cc(Br)cn(-c2ccccc2)c1=O. The second-order valence-corrected chi connectivity index (χ2v) is 7.14. The molecule has 0 aliphatic rings. The van der Waals surface area contributed by atoms with Gasteiger partial charge in [0.15, 0.2) is 0 Å². The summed E-state index contributed by atoms with van der Waals surface area (Å²) in [5, 5.41) is 0. The summed E-state index contributed by atoms with van der Waals surface area (Å²) in [6.07, 6.45) is 1.64. The summed E-state index contributed by atoms with van der Waals surface area (Å²) in [4.78, 5) is 24.7. The van der Waals surface area contributed by atoms with Gasteiger partial charge in [0.2, 0.25) is 0 Å². The summed E-state index contributed by atoms with van der Waals surface area (Å²) in [5.41, 5.74) is 0.162. The maximum Gasteiger partial charge on any atom is 0.343 e. The van der Waals surface area contributed by atoms with Crippen molar-refractivity contribution in [1.82, 2.24) is 4.57 Å². The van der Waals surface area contributed by atoms with Crippen LogP contribution in [0.4, 0.5) is 0 Å². The minimum absolute atomic E-state index is 0.0162. The predicted molar refractivity (Wildman–Crippen MR) is 89.5 cm³/mol. The third-order valence-electron chi connectivity index (χ3n) is 2.87. The number of esters is 1. The fraction of sp³-hybridized carbons (Fsp3) is 0.294. The standard InChI is InChI=1S/C17H18BrNO3/c1-17(2,3)11-22-16(21)14-9-12(18)10-19(15(14)20)13-7-5-4-6-8-13/h4-10H,11H2,1-3H3. The average molecular weight is 364 g/mol. The van der Waals surface area contributed by atoms with Gasteiger partial charge in [-0.15, -0.1) is 0 Å². The zero-order valence-corrected chi connectivity index (χ0v) is 14.4. The number of benzene rings is 1. The lowest BCUT2D eigenvalue weighted by Crippen LogP contribution is -2.27. The van der Waals surface area contributed by atoms with E-state index in [1.165, 1.54) is 10.6 Å². The summed E-state index contributed by atoms with van der Waals surface area (Å²) < 4.78 is 7.31. The molecule has 0 bridgehead atoms. The van der Waals surface area contributed by atoms with Crippen LogP contribution in [0.2, 0.25) is 0 Å². The average Bonchev–Trinajstić information content (AvgIpc) is 2.47. The van der Waals surface area contributed by atoms with E-state index < -0.39 is 11.5 Å². The molecule has 1 aromatic carbocycles. The number of pyridine rings is 1. The Morgan fingerprint density at radius 3 is 2.45 bits per heavy atom. The lowest BCUT2D eigenvalue weighted by atomic mass is 9.99. The van der Waals surface area contributed by atoms with E-state index in [1.54, 1.807) is 18.3 Å². The first-order valence-corrected chi connectivity index (χ1v) is 7.72. The molecule has 0 atom stereocenters. The van der Waals surface area contributed by atoms with Crippen molar-refractivity contribution < 1.29 is 9.53 Å². The molecule has 0 unspecified atom stereocenters. The second-order valence-electron chi connectivity index (χ2n) is 6.22. The van der Waals surface area contributed by atoms with Gasteiger partial charge in [-0.3, -0.25) is 9.36 Å². The van der Waals surface area contributed by atoms with Gasteiger partial charge < -0.3 is 4.74 Å². The van der Waals surface area contributed by atoms with Gasteiger partial charge in [-0.2, -0.15) is 0 Å². The van der Waals surface area contributed by atoms with Gasteiger partial charge in [0.05, 0.1) is 6.61 Å². The van der Waals surface area contributed by atoms with Crippen LogP contribution in [0.15, 0.2) is 51.9 Å². The molecule has 4 nitrogen and oxygen atoms in total. The minimum atomic E-state index is -0.606. The van der Waals surface area contributed by atoms with E-state index in [1.807, 2.05) is 39.0 Å². The molecule has 1 aromatic heterocycles. The van der Waals surface area contributed by atoms with E-state index in [9.17, 15) is 9.59 Å². The fourth-order valence-corrected chi connectivity index (χ4v) is 2.27. The van der Waals surface area contributed by atoms with Crippen molar-refractivity contribution in [2.24, 2.45) is 5.41 Å². The molecular weight excluding hydrogens is 346 g/mol. The van der Waals surface area contributed by atoms with Crippen LogP contribution < -0.4 is 5.56 Å². The number of ether oxygens (including phenoxy) is 1. The Hall–Kier alpha value is -1.88. The summed E-state index contributed by atoms with van der Waals surface area (Å²) in [6.45, 7) is 6.14. The number of halogens is 1. The molecule has 0 saturated carbocycles. The zero-order valence-electron chi connectivity index (χ0n) is 12.8. The summed E-state index contributed by atoms with van der Waals surface area (Å²) >= 11 is 3.34. The molecule has 0 spiro atoms. The molecule has 0 radical (unpaired) electrons. The van der Waals surface area contributed by atoms with E-state index in [2.05, 4.69) is 15.9 Å². The van der Waals surface area contributed by atoms with E-state index in [4.69, 9.17) is 4.74 Å². The molecule has 1 heterocycles. The minimum Gasteiger partial charge on any atom is -0.461 e. The fourth-order valence-electron chi connectivity index (χ4n) is 1.84. The van der Waals surface area contributed by atoms with Gasteiger partial charge in [0, 0.05) is 16.4 Å². The molecule has 0 amide bonds. The molecule has 2 rings (SSSR count).